The van der Waals surface area contributed by atoms with Gasteiger partial charge in [-0.25, -0.2) is 13.1 Å². The second-order valence-electron chi connectivity index (χ2n) is 6.04. The largest absolute Gasteiger partial charge is 0.347 e. The third kappa shape index (κ3) is 5.21. The monoisotopic (exact) mass is 349 g/mol. The van der Waals surface area contributed by atoms with Gasteiger partial charge in [-0.3, -0.25) is 4.79 Å². The van der Waals surface area contributed by atoms with Crippen LogP contribution in [0.3, 0.4) is 0 Å². The van der Waals surface area contributed by atoms with Crippen molar-refractivity contribution in [1.82, 2.24) is 14.6 Å². The van der Waals surface area contributed by atoms with E-state index in [1.165, 1.54) is 0 Å². The number of amides is 1. The van der Waals surface area contributed by atoms with Gasteiger partial charge in [-0.2, -0.15) is 0 Å². The number of hydrogen-bond acceptors (Lipinski definition) is 3. The summed E-state index contributed by atoms with van der Waals surface area (Å²) in [4.78, 5) is 12.0. The number of aryl methyl sites for hydroxylation is 1. The number of rotatable bonds is 7. The van der Waals surface area contributed by atoms with Gasteiger partial charge in [0.25, 0.3) is 5.91 Å². The van der Waals surface area contributed by atoms with Crippen molar-refractivity contribution in [3.05, 3.63) is 59.4 Å². The number of hydrogen-bond donors (Lipinski definition) is 2. The summed E-state index contributed by atoms with van der Waals surface area (Å²) in [7, 11) is -1.51. The Bertz CT molecular complexity index is 793. The van der Waals surface area contributed by atoms with Gasteiger partial charge in [-0.1, -0.05) is 24.3 Å². The van der Waals surface area contributed by atoms with Crippen LogP contribution in [0, 0.1) is 0 Å². The predicted molar refractivity (Wildman–Crippen MR) is 93.9 cm³/mol. The molecule has 2 aromatic rings. The summed E-state index contributed by atoms with van der Waals surface area (Å²) in [5.74, 6) is -0.198. The molecule has 0 radical (unpaired) electrons. The lowest BCUT2D eigenvalue weighted by atomic mass is 10.1. The number of aromatic nitrogens is 1. The van der Waals surface area contributed by atoms with E-state index in [-0.39, 0.29) is 17.7 Å². The average Bonchev–Trinajstić information content (AvgIpc) is 2.90. The Morgan fingerprint density at radius 3 is 2.29 bits per heavy atom. The Kier molecular flexibility index (Phi) is 5.80. The zero-order chi connectivity index (χ0) is 17.7. The molecule has 24 heavy (non-hydrogen) atoms. The van der Waals surface area contributed by atoms with Gasteiger partial charge in [0.15, 0.2) is 0 Å². The summed E-state index contributed by atoms with van der Waals surface area (Å²) in [5.41, 5.74) is 2.22. The number of carbonyl (C=O) groups excluding carboxylic acids is 1. The molecule has 0 aliphatic rings. The Balaban J connectivity index is 1.93. The molecule has 1 heterocycles. The first kappa shape index (κ1) is 18.2. The lowest BCUT2D eigenvalue weighted by Gasteiger charge is -2.10. The van der Waals surface area contributed by atoms with Crippen LogP contribution >= 0.6 is 0 Å². The zero-order valence-corrected chi connectivity index (χ0v) is 14.9. The fraction of sp³-hybridized carbons (Fsp3) is 0.353. The van der Waals surface area contributed by atoms with E-state index >= 15 is 0 Å². The van der Waals surface area contributed by atoms with Crippen LogP contribution in [0.25, 0.3) is 0 Å². The molecule has 0 aliphatic carbocycles. The molecule has 2 N–H and O–H groups in total. The van der Waals surface area contributed by atoms with Crippen molar-refractivity contribution in [2.24, 2.45) is 7.05 Å². The molecule has 0 fully saturated rings. The van der Waals surface area contributed by atoms with E-state index in [1.54, 1.807) is 36.6 Å². The number of nitrogens with one attached hydrogen (secondary N) is 2. The maximum Gasteiger partial charge on any atom is 0.268 e. The smallest absolute Gasteiger partial charge is 0.268 e. The molecule has 1 aromatic heterocycles. The van der Waals surface area contributed by atoms with Gasteiger partial charge in [-0.05, 0) is 37.1 Å². The fourth-order valence-corrected chi connectivity index (χ4v) is 3.78. The normalized spacial score (nSPS) is 11.7. The van der Waals surface area contributed by atoms with Gasteiger partial charge < -0.3 is 9.88 Å². The van der Waals surface area contributed by atoms with Crippen molar-refractivity contribution < 1.29 is 13.2 Å². The van der Waals surface area contributed by atoms with Gasteiger partial charge in [0.05, 0.1) is 5.75 Å². The van der Waals surface area contributed by atoms with Gasteiger partial charge in [0.2, 0.25) is 10.0 Å². The maximum atomic E-state index is 12.0. The zero-order valence-electron chi connectivity index (χ0n) is 14.1. The van der Waals surface area contributed by atoms with E-state index in [4.69, 9.17) is 0 Å². The summed E-state index contributed by atoms with van der Waals surface area (Å²) in [6, 6.07) is 10.6. The molecule has 6 nitrogen and oxygen atoms in total. The minimum Gasteiger partial charge on any atom is -0.347 e. The molecule has 130 valence electrons. The second-order valence-corrected chi connectivity index (χ2v) is 7.79. The quantitative estimate of drug-likeness (QED) is 0.800. The van der Waals surface area contributed by atoms with Crippen LogP contribution < -0.4 is 10.0 Å². The first-order valence-corrected chi connectivity index (χ1v) is 9.39. The third-order valence-electron chi connectivity index (χ3n) is 3.42. The van der Waals surface area contributed by atoms with Crippen molar-refractivity contribution in [2.75, 3.05) is 0 Å². The topological polar surface area (TPSA) is 80.2 Å². The molecular weight excluding hydrogens is 326 g/mol. The highest BCUT2D eigenvalue weighted by atomic mass is 32.2. The van der Waals surface area contributed by atoms with Gasteiger partial charge in [0, 0.05) is 25.8 Å². The van der Waals surface area contributed by atoms with Crippen LogP contribution in [0.4, 0.5) is 0 Å². The molecule has 0 bridgehead atoms. The summed E-state index contributed by atoms with van der Waals surface area (Å²) in [6.07, 6.45) is 1.81. The molecular formula is C17H23N3O3S. The van der Waals surface area contributed by atoms with Gasteiger partial charge >= 0.3 is 0 Å². The standard InChI is InChI=1S/C17H23N3O3S/c1-13(2)19-24(22,23)12-15-8-6-14(7-9-15)11-18-17(21)16-5-4-10-20(16)3/h4-10,13,19H,11-12H2,1-3H3,(H,18,21). The van der Waals surface area contributed by atoms with E-state index in [9.17, 15) is 13.2 Å². The van der Waals surface area contributed by atoms with Crippen LogP contribution in [-0.2, 0) is 29.4 Å². The number of benzene rings is 1. The Morgan fingerprint density at radius 1 is 1.12 bits per heavy atom. The summed E-state index contributed by atoms with van der Waals surface area (Å²) >= 11 is 0. The Morgan fingerprint density at radius 2 is 1.75 bits per heavy atom. The van der Waals surface area contributed by atoms with E-state index in [1.807, 2.05) is 31.4 Å². The van der Waals surface area contributed by atoms with Crippen molar-refractivity contribution in [3.63, 3.8) is 0 Å². The van der Waals surface area contributed by atoms with Crippen LogP contribution in [0.1, 0.15) is 35.5 Å². The maximum absolute atomic E-state index is 12.0. The van der Waals surface area contributed by atoms with Crippen molar-refractivity contribution in [2.45, 2.75) is 32.2 Å². The number of carbonyl (C=O) groups is 1. The van der Waals surface area contributed by atoms with Crippen LogP contribution in [0.2, 0.25) is 0 Å². The lowest BCUT2D eigenvalue weighted by Crippen LogP contribution is -2.31. The minimum absolute atomic E-state index is 0.0544. The van der Waals surface area contributed by atoms with Gasteiger partial charge in [0.1, 0.15) is 5.69 Å². The molecule has 2 rings (SSSR count). The highest BCUT2D eigenvalue weighted by Crippen LogP contribution is 2.09. The van der Waals surface area contributed by atoms with E-state index in [0.29, 0.717) is 17.8 Å². The average molecular weight is 349 g/mol. The summed E-state index contributed by atoms with van der Waals surface area (Å²) in [6.45, 7) is 3.97. The molecule has 1 aromatic carbocycles. The Hall–Kier alpha value is -2.12. The predicted octanol–water partition coefficient (Wildman–Crippen LogP) is 1.78. The Labute approximate surface area is 142 Å². The molecule has 0 spiro atoms. The lowest BCUT2D eigenvalue weighted by molar-refractivity contribution is 0.0943. The first-order chi connectivity index (χ1) is 11.3. The molecule has 0 unspecified atom stereocenters. The molecule has 0 saturated carbocycles. The number of nitrogens with zero attached hydrogens (tertiary/aromatic N) is 1. The fourth-order valence-electron chi connectivity index (χ4n) is 2.34. The van der Waals surface area contributed by atoms with Crippen LogP contribution in [0.15, 0.2) is 42.6 Å². The molecule has 7 heteroatoms. The van der Waals surface area contributed by atoms with Crippen molar-refractivity contribution in [1.29, 1.82) is 0 Å². The van der Waals surface area contributed by atoms with Crippen molar-refractivity contribution >= 4 is 15.9 Å². The van der Waals surface area contributed by atoms with Crippen molar-refractivity contribution in [3.8, 4) is 0 Å². The SMILES string of the molecule is CC(C)NS(=O)(=O)Cc1ccc(CNC(=O)c2cccn2C)cc1. The highest BCUT2D eigenvalue weighted by Gasteiger charge is 2.13. The van der Waals surface area contributed by atoms with Gasteiger partial charge in [-0.15, -0.1) is 0 Å². The molecule has 0 saturated heterocycles. The second kappa shape index (κ2) is 7.63. The first-order valence-electron chi connectivity index (χ1n) is 7.74. The molecule has 1 amide bonds. The van der Waals surface area contributed by atoms with E-state index in [0.717, 1.165) is 5.56 Å². The summed E-state index contributed by atoms with van der Waals surface area (Å²) < 4.78 is 28.1. The third-order valence-corrected chi connectivity index (χ3v) is 4.97. The summed E-state index contributed by atoms with van der Waals surface area (Å²) in [5, 5.41) is 2.85. The van der Waals surface area contributed by atoms with E-state index in [2.05, 4.69) is 10.0 Å². The highest BCUT2D eigenvalue weighted by molar-refractivity contribution is 7.88. The molecule has 0 aliphatic heterocycles. The van der Waals surface area contributed by atoms with Crippen LogP contribution in [-0.4, -0.2) is 24.9 Å². The van der Waals surface area contributed by atoms with Crippen LogP contribution in [0.5, 0.6) is 0 Å². The number of sulfonamides is 1. The molecule has 0 atom stereocenters. The minimum atomic E-state index is -3.33. The van der Waals surface area contributed by atoms with E-state index < -0.39 is 10.0 Å².